The van der Waals surface area contributed by atoms with Crippen LogP contribution in [0.15, 0.2) is 12.3 Å². The highest BCUT2D eigenvalue weighted by Crippen LogP contribution is 2.30. The number of ether oxygens (including phenoxy) is 2. The number of rotatable bonds is 5. The second-order valence-electron chi connectivity index (χ2n) is 7.35. The Morgan fingerprint density at radius 3 is 2.93 bits per heavy atom. The minimum absolute atomic E-state index is 0.00713. The molecule has 2 N–H and O–H groups in total. The van der Waals surface area contributed by atoms with Crippen molar-refractivity contribution in [1.29, 1.82) is 0 Å². The van der Waals surface area contributed by atoms with Gasteiger partial charge in [0.25, 0.3) is 5.91 Å². The molecule has 2 amide bonds. The van der Waals surface area contributed by atoms with E-state index in [1.54, 1.807) is 17.2 Å². The van der Waals surface area contributed by atoms with Crippen molar-refractivity contribution >= 4 is 23.3 Å². The first-order valence-corrected chi connectivity index (χ1v) is 9.72. The number of amides is 2. The molecular weight excluding hydrogens is 348 g/mol. The molecule has 0 saturated carbocycles. The Hall–Kier alpha value is -2.19. The number of nitrogens with one attached hydrogen (secondary N) is 2. The van der Waals surface area contributed by atoms with Crippen LogP contribution in [0.5, 0.6) is 0 Å². The van der Waals surface area contributed by atoms with Gasteiger partial charge >= 0.3 is 0 Å². The molecule has 1 atom stereocenters. The lowest BCUT2D eigenvalue weighted by Gasteiger charge is -2.33. The average Bonchev–Trinajstić information content (AvgIpc) is 3.22. The molecule has 1 aromatic rings. The summed E-state index contributed by atoms with van der Waals surface area (Å²) in [5, 5.41) is 5.95. The summed E-state index contributed by atoms with van der Waals surface area (Å²) in [6.07, 6.45) is 5.55. The second kappa shape index (κ2) is 8.22. The SMILES string of the molecule is O=C(NCC1CCCO1)c1cnc2c(c1)N(CC1CCOCC1)C(=O)CN2. The van der Waals surface area contributed by atoms with Crippen LogP contribution in [0, 0.1) is 5.92 Å². The number of anilines is 2. The van der Waals surface area contributed by atoms with Gasteiger partial charge < -0.3 is 25.0 Å². The van der Waals surface area contributed by atoms with Crippen LogP contribution in [0.4, 0.5) is 11.5 Å². The Kier molecular flexibility index (Phi) is 5.54. The van der Waals surface area contributed by atoms with Gasteiger partial charge in [-0.2, -0.15) is 0 Å². The summed E-state index contributed by atoms with van der Waals surface area (Å²) in [7, 11) is 0. The summed E-state index contributed by atoms with van der Waals surface area (Å²) in [5.41, 5.74) is 1.14. The number of pyridine rings is 1. The van der Waals surface area contributed by atoms with Crippen LogP contribution >= 0.6 is 0 Å². The van der Waals surface area contributed by atoms with Crippen molar-refractivity contribution in [3.05, 3.63) is 17.8 Å². The largest absolute Gasteiger partial charge is 0.381 e. The number of nitrogens with zero attached hydrogens (tertiary/aromatic N) is 2. The predicted molar refractivity (Wildman–Crippen MR) is 99.9 cm³/mol. The zero-order valence-electron chi connectivity index (χ0n) is 15.4. The van der Waals surface area contributed by atoms with Crippen LogP contribution in [0.25, 0.3) is 0 Å². The van der Waals surface area contributed by atoms with Crippen molar-refractivity contribution in [2.75, 3.05) is 49.7 Å². The highest BCUT2D eigenvalue weighted by atomic mass is 16.5. The number of carbonyl (C=O) groups excluding carboxylic acids is 2. The van der Waals surface area contributed by atoms with Gasteiger partial charge in [-0.05, 0) is 37.7 Å². The lowest BCUT2D eigenvalue weighted by atomic mass is 9.99. The van der Waals surface area contributed by atoms with E-state index in [1.165, 1.54) is 0 Å². The van der Waals surface area contributed by atoms with Crippen LogP contribution in [-0.4, -0.2) is 62.4 Å². The Labute approximate surface area is 158 Å². The van der Waals surface area contributed by atoms with Crippen LogP contribution in [0.2, 0.25) is 0 Å². The van der Waals surface area contributed by atoms with Crippen LogP contribution in [0.1, 0.15) is 36.0 Å². The van der Waals surface area contributed by atoms with Crippen LogP contribution in [-0.2, 0) is 14.3 Å². The summed E-state index contributed by atoms with van der Waals surface area (Å²) in [6, 6.07) is 1.76. The standard InChI is InChI=1S/C19H26N4O4/c24-17-11-21-18-16(23(17)12-13-3-6-26-7-4-13)8-14(9-20-18)19(25)22-10-15-2-1-5-27-15/h8-9,13,15H,1-7,10-12H2,(H,20,21)(H,22,25). The predicted octanol–water partition coefficient (Wildman–Crippen LogP) is 1.18. The third-order valence-corrected chi connectivity index (χ3v) is 5.42. The summed E-state index contributed by atoms with van der Waals surface area (Å²) in [6.45, 7) is 3.60. The van der Waals surface area contributed by atoms with Gasteiger partial charge in [0.15, 0.2) is 0 Å². The highest BCUT2D eigenvalue weighted by molar-refractivity contribution is 6.04. The van der Waals surface area contributed by atoms with Crippen molar-refractivity contribution in [3.8, 4) is 0 Å². The molecule has 3 aliphatic rings. The molecule has 8 heteroatoms. The summed E-state index contributed by atoms with van der Waals surface area (Å²) in [5.74, 6) is 0.875. The van der Waals surface area contributed by atoms with Gasteiger partial charge in [-0.1, -0.05) is 0 Å². The fourth-order valence-corrected chi connectivity index (χ4v) is 3.81. The molecule has 1 unspecified atom stereocenters. The van der Waals surface area contributed by atoms with E-state index >= 15 is 0 Å². The lowest BCUT2D eigenvalue weighted by Crippen LogP contribution is -2.44. The molecule has 2 fully saturated rings. The van der Waals surface area contributed by atoms with E-state index in [0.717, 1.165) is 45.5 Å². The number of hydrogen-bond acceptors (Lipinski definition) is 6. The zero-order valence-corrected chi connectivity index (χ0v) is 15.4. The minimum Gasteiger partial charge on any atom is -0.381 e. The van der Waals surface area contributed by atoms with Gasteiger partial charge in [-0.25, -0.2) is 4.98 Å². The van der Waals surface area contributed by atoms with Gasteiger partial charge in [0, 0.05) is 39.1 Å². The van der Waals surface area contributed by atoms with E-state index in [1.807, 2.05) is 0 Å². The molecule has 0 bridgehead atoms. The molecule has 2 saturated heterocycles. The Balaban J connectivity index is 1.47. The molecule has 146 valence electrons. The Morgan fingerprint density at radius 2 is 2.15 bits per heavy atom. The molecule has 0 aliphatic carbocycles. The highest BCUT2D eigenvalue weighted by Gasteiger charge is 2.29. The van der Waals surface area contributed by atoms with Crippen LogP contribution < -0.4 is 15.5 Å². The summed E-state index contributed by atoms with van der Waals surface area (Å²) < 4.78 is 11.0. The van der Waals surface area contributed by atoms with Gasteiger partial charge in [0.1, 0.15) is 5.82 Å². The van der Waals surface area contributed by atoms with E-state index < -0.39 is 0 Å². The van der Waals surface area contributed by atoms with E-state index in [4.69, 9.17) is 9.47 Å². The third-order valence-electron chi connectivity index (χ3n) is 5.42. The van der Waals surface area contributed by atoms with E-state index in [-0.39, 0.29) is 24.5 Å². The third kappa shape index (κ3) is 4.22. The lowest BCUT2D eigenvalue weighted by molar-refractivity contribution is -0.117. The van der Waals surface area contributed by atoms with E-state index in [2.05, 4.69) is 15.6 Å². The molecule has 0 spiro atoms. The first kappa shape index (κ1) is 18.2. The molecule has 8 nitrogen and oxygen atoms in total. The molecule has 0 radical (unpaired) electrons. The van der Waals surface area contributed by atoms with E-state index in [9.17, 15) is 9.59 Å². The molecule has 4 rings (SSSR count). The summed E-state index contributed by atoms with van der Waals surface area (Å²) in [4.78, 5) is 31.2. The van der Waals surface area contributed by atoms with Gasteiger partial charge in [0.2, 0.25) is 5.91 Å². The summed E-state index contributed by atoms with van der Waals surface area (Å²) >= 11 is 0. The molecule has 1 aromatic heterocycles. The second-order valence-corrected chi connectivity index (χ2v) is 7.35. The van der Waals surface area contributed by atoms with Crippen molar-refractivity contribution in [2.45, 2.75) is 31.8 Å². The Bertz CT molecular complexity index is 699. The first-order valence-electron chi connectivity index (χ1n) is 9.72. The number of hydrogen-bond donors (Lipinski definition) is 2. The fraction of sp³-hybridized carbons (Fsp3) is 0.632. The average molecular weight is 374 g/mol. The van der Waals surface area contributed by atoms with Crippen molar-refractivity contribution < 1.29 is 19.1 Å². The maximum Gasteiger partial charge on any atom is 0.253 e. The molecule has 0 aromatic carbocycles. The van der Waals surface area contributed by atoms with Crippen molar-refractivity contribution in [3.63, 3.8) is 0 Å². The monoisotopic (exact) mass is 374 g/mol. The zero-order chi connectivity index (χ0) is 18.6. The van der Waals surface area contributed by atoms with Gasteiger partial charge in [0.05, 0.1) is 23.9 Å². The Morgan fingerprint density at radius 1 is 1.30 bits per heavy atom. The molecule has 3 aliphatic heterocycles. The van der Waals surface area contributed by atoms with Crippen molar-refractivity contribution in [2.24, 2.45) is 5.92 Å². The normalized spacial score (nSPS) is 23.0. The van der Waals surface area contributed by atoms with Gasteiger partial charge in [-0.15, -0.1) is 0 Å². The quantitative estimate of drug-likeness (QED) is 0.804. The number of fused-ring (bicyclic) bond motifs is 1. The number of aromatic nitrogens is 1. The maximum atomic E-state index is 12.5. The van der Waals surface area contributed by atoms with E-state index in [0.29, 0.717) is 36.1 Å². The smallest absolute Gasteiger partial charge is 0.253 e. The topological polar surface area (TPSA) is 92.8 Å². The fourth-order valence-electron chi connectivity index (χ4n) is 3.81. The van der Waals surface area contributed by atoms with Gasteiger partial charge in [-0.3, -0.25) is 9.59 Å². The molecular formula is C19H26N4O4. The molecule has 27 heavy (non-hydrogen) atoms. The maximum absolute atomic E-state index is 12.5. The number of carbonyl (C=O) groups is 2. The van der Waals surface area contributed by atoms with Crippen molar-refractivity contribution in [1.82, 2.24) is 10.3 Å². The van der Waals surface area contributed by atoms with Crippen LogP contribution in [0.3, 0.4) is 0 Å². The first-order chi connectivity index (χ1) is 13.2. The minimum atomic E-state index is -0.190. The molecule has 4 heterocycles.